The number of rotatable bonds is 4. The van der Waals surface area contributed by atoms with Crippen molar-refractivity contribution in [1.82, 2.24) is 14.4 Å². The van der Waals surface area contributed by atoms with E-state index in [1.807, 2.05) is 13.1 Å². The largest absolute Gasteiger partial charge is 0.497 e. The minimum Gasteiger partial charge on any atom is -0.497 e. The number of carbonyl (C=O) groups is 1. The van der Waals surface area contributed by atoms with E-state index < -0.39 is 5.67 Å². The van der Waals surface area contributed by atoms with Gasteiger partial charge in [0, 0.05) is 69.7 Å². The highest BCUT2D eigenvalue weighted by molar-refractivity contribution is 5.86. The van der Waals surface area contributed by atoms with E-state index in [0.717, 1.165) is 23.2 Å². The third-order valence-electron chi connectivity index (χ3n) is 6.00. The highest BCUT2D eigenvalue weighted by Crippen LogP contribution is 2.32. The summed E-state index contributed by atoms with van der Waals surface area (Å²) in [5.41, 5.74) is 0.605. The summed E-state index contributed by atoms with van der Waals surface area (Å²) in [5.74, 6) is 0.475. The molecule has 0 unspecified atom stereocenters. The first-order chi connectivity index (χ1) is 13.5. The molecule has 0 radical (unpaired) electrons. The highest BCUT2D eigenvalue weighted by Gasteiger charge is 2.44. The van der Waals surface area contributed by atoms with Crippen molar-refractivity contribution in [2.24, 2.45) is 7.05 Å². The Kier molecular flexibility index (Phi) is 5.29. The van der Waals surface area contributed by atoms with Gasteiger partial charge in [-0.2, -0.15) is 0 Å². The molecule has 1 amide bonds. The number of likely N-dealkylation sites (tertiary alicyclic amines) is 1. The zero-order valence-electron chi connectivity index (χ0n) is 16.6. The molecule has 2 aromatic rings. The van der Waals surface area contributed by atoms with Crippen LogP contribution < -0.4 is 4.74 Å². The Morgan fingerprint density at radius 3 is 2.61 bits per heavy atom. The number of benzene rings is 1. The molecule has 2 saturated heterocycles. The smallest absolute Gasteiger partial charge is 0.260 e. The number of hydrogen-bond acceptors (Lipinski definition) is 4. The molecule has 0 aliphatic carbocycles. The Morgan fingerprint density at radius 2 is 1.93 bits per heavy atom. The SMILES string of the molecule is COc1ccc2c(c1)c(CN1CCC(F)(C(=O)N3CCOCC3)CC1)cn2C. The summed E-state index contributed by atoms with van der Waals surface area (Å²) < 4.78 is 28.1. The number of alkyl halides is 1. The predicted molar refractivity (Wildman–Crippen MR) is 105 cm³/mol. The Balaban J connectivity index is 1.43. The van der Waals surface area contributed by atoms with Crippen molar-refractivity contribution in [2.75, 3.05) is 46.5 Å². The van der Waals surface area contributed by atoms with Gasteiger partial charge < -0.3 is 18.9 Å². The number of nitrogens with zero attached hydrogens (tertiary/aromatic N) is 3. The second-order valence-corrected chi connectivity index (χ2v) is 7.79. The lowest BCUT2D eigenvalue weighted by atomic mass is 9.91. The summed E-state index contributed by atoms with van der Waals surface area (Å²) in [6.45, 7) is 3.88. The van der Waals surface area contributed by atoms with Crippen LogP contribution >= 0.6 is 0 Å². The molecule has 0 atom stereocenters. The van der Waals surface area contributed by atoms with Crippen LogP contribution in [0.2, 0.25) is 0 Å². The summed E-state index contributed by atoms with van der Waals surface area (Å²) in [6.07, 6.45) is 2.62. The number of ether oxygens (including phenoxy) is 2. The van der Waals surface area contributed by atoms with Crippen molar-refractivity contribution in [1.29, 1.82) is 0 Å². The summed E-state index contributed by atoms with van der Waals surface area (Å²) in [6, 6.07) is 6.07. The highest BCUT2D eigenvalue weighted by atomic mass is 19.1. The summed E-state index contributed by atoms with van der Waals surface area (Å²) in [5, 5.41) is 1.16. The number of fused-ring (bicyclic) bond motifs is 1. The molecule has 2 aliphatic heterocycles. The molecular formula is C21H28FN3O3. The number of aryl methyl sites for hydroxylation is 1. The van der Waals surface area contributed by atoms with E-state index in [0.29, 0.717) is 39.4 Å². The zero-order chi connectivity index (χ0) is 19.7. The molecule has 0 spiro atoms. The van der Waals surface area contributed by atoms with Crippen molar-refractivity contribution in [3.05, 3.63) is 30.0 Å². The van der Waals surface area contributed by atoms with E-state index in [9.17, 15) is 4.79 Å². The van der Waals surface area contributed by atoms with Crippen LogP contribution in [0.15, 0.2) is 24.4 Å². The lowest BCUT2D eigenvalue weighted by Crippen LogP contribution is -2.54. The molecule has 2 aliphatic rings. The summed E-state index contributed by atoms with van der Waals surface area (Å²) >= 11 is 0. The van der Waals surface area contributed by atoms with Crippen LogP contribution in [-0.2, 0) is 23.1 Å². The normalized spacial score (nSPS) is 20.5. The second kappa shape index (κ2) is 7.72. The first kappa shape index (κ1) is 19.2. The Labute approximate surface area is 164 Å². The average molecular weight is 389 g/mol. The van der Waals surface area contributed by atoms with E-state index in [2.05, 4.69) is 27.8 Å². The number of hydrogen-bond donors (Lipinski definition) is 0. The van der Waals surface area contributed by atoms with Gasteiger partial charge in [0.25, 0.3) is 5.91 Å². The lowest BCUT2D eigenvalue weighted by Gasteiger charge is -2.39. The van der Waals surface area contributed by atoms with E-state index in [1.54, 1.807) is 12.0 Å². The minimum atomic E-state index is -1.74. The average Bonchev–Trinajstić information content (AvgIpc) is 3.04. The van der Waals surface area contributed by atoms with Gasteiger partial charge in [0.15, 0.2) is 5.67 Å². The first-order valence-electron chi connectivity index (χ1n) is 9.90. The van der Waals surface area contributed by atoms with Crippen LogP contribution in [0.1, 0.15) is 18.4 Å². The summed E-state index contributed by atoms with van der Waals surface area (Å²) in [7, 11) is 3.70. The van der Waals surface area contributed by atoms with E-state index in [4.69, 9.17) is 9.47 Å². The van der Waals surface area contributed by atoms with Gasteiger partial charge in [0.1, 0.15) is 5.75 Å². The summed E-state index contributed by atoms with van der Waals surface area (Å²) in [4.78, 5) is 16.5. The fraction of sp³-hybridized carbons (Fsp3) is 0.571. The molecular weight excluding hydrogens is 361 g/mol. The molecule has 2 fully saturated rings. The molecule has 152 valence electrons. The molecule has 6 nitrogen and oxygen atoms in total. The number of carbonyl (C=O) groups excluding carboxylic acids is 1. The number of methoxy groups -OCH3 is 1. The third-order valence-corrected chi connectivity index (χ3v) is 6.00. The lowest BCUT2D eigenvalue weighted by molar-refractivity contribution is -0.151. The Morgan fingerprint density at radius 1 is 1.21 bits per heavy atom. The van der Waals surface area contributed by atoms with Crippen molar-refractivity contribution < 1.29 is 18.7 Å². The van der Waals surface area contributed by atoms with Crippen LogP contribution in [0.4, 0.5) is 4.39 Å². The topological polar surface area (TPSA) is 46.9 Å². The van der Waals surface area contributed by atoms with Gasteiger partial charge in [-0.3, -0.25) is 9.69 Å². The van der Waals surface area contributed by atoms with Gasteiger partial charge in [-0.1, -0.05) is 0 Å². The van der Waals surface area contributed by atoms with E-state index >= 15 is 4.39 Å². The second-order valence-electron chi connectivity index (χ2n) is 7.79. The van der Waals surface area contributed by atoms with Crippen LogP contribution in [0, 0.1) is 0 Å². The van der Waals surface area contributed by atoms with Gasteiger partial charge in [-0.05, 0) is 23.8 Å². The molecule has 7 heteroatoms. The fourth-order valence-electron chi connectivity index (χ4n) is 4.28. The standard InChI is InChI=1S/C21H28FN3O3/c1-23-14-16(18-13-17(27-2)3-4-19(18)23)15-24-7-5-21(22,6-8-24)20(26)25-9-11-28-12-10-25/h3-4,13-14H,5-12,15H2,1-2H3. The molecule has 4 rings (SSSR count). The number of piperidine rings is 1. The van der Waals surface area contributed by atoms with Crippen LogP contribution in [0.25, 0.3) is 10.9 Å². The maximum absolute atomic E-state index is 15.3. The number of aromatic nitrogens is 1. The van der Waals surface area contributed by atoms with Crippen molar-refractivity contribution in [3.63, 3.8) is 0 Å². The molecule has 0 saturated carbocycles. The van der Waals surface area contributed by atoms with E-state index in [-0.39, 0.29) is 18.7 Å². The maximum Gasteiger partial charge on any atom is 0.260 e. The first-order valence-corrected chi connectivity index (χ1v) is 9.90. The van der Waals surface area contributed by atoms with Gasteiger partial charge in [-0.25, -0.2) is 4.39 Å². The van der Waals surface area contributed by atoms with Crippen LogP contribution in [0.5, 0.6) is 5.75 Å². The van der Waals surface area contributed by atoms with E-state index in [1.165, 1.54) is 5.56 Å². The van der Waals surface area contributed by atoms with Gasteiger partial charge in [0.05, 0.1) is 20.3 Å². The third kappa shape index (κ3) is 3.61. The number of halogens is 1. The fourth-order valence-corrected chi connectivity index (χ4v) is 4.28. The predicted octanol–water partition coefficient (Wildman–Crippen LogP) is 2.35. The van der Waals surface area contributed by atoms with Crippen molar-refractivity contribution >= 4 is 16.8 Å². The monoisotopic (exact) mass is 389 g/mol. The van der Waals surface area contributed by atoms with Crippen molar-refractivity contribution in [2.45, 2.75) is 25.1 Å². The van der Waals surface area contributed by atoms with Gasteiger partial charge in [0.2, 0.25) is 0 Å². The quantitative estimate of drug-likeness (QED) is 0.805. The molecule has 3 heterocycles. The Bertz CT molecular complexity index is 852. The van der Waals surface area contributed by atoms with Crippen LogP contribution in [0.3, 0.4) is 0 Å². The number of amides is 1. The van der Waals surface area contributed by atoms with Gasteiger partial charge >= 0.3 is 0 Å². The molecule has 1 aromatic carbocycles. The maximum atomic E-state index is 15.3. The zero-order valence-corrected chi connectivity index (χ0v) is 16.6. The molecule has 1 aromatic heterocycles. The van der Waals surface area contributed by atoms with Gasteiger partial charge in [-0.15, -0.1) is 0 Å². The molecule has 0 N–H and O–H groups in total. The Hall–Kier alpha value is -2.12. The van der Waals surface area contributed by atoms with Crippen LogP contribution in [-0.4, -0.2) is 72.4 Å². The minimum absolute atomic E-state index is 0.247. The molecule has 28 heavy (non-hydrogen) atoms. The molecule has 0 bridgehead atoms. The number of morpholine rings is 1. The van der Waals surface area contributed by atoms with Crippen molar-refractivity contribution in [3.8, 4) is 5.75 Å².